The molecule has 1 amide bonds. The number of carbonyl (C=O) groups is 2. The summed E-state index contributed by atoms with van der Waals surface area (Å²) >= 11 is 12.3. The molecule has 192 valence electrons. The number of aliphatic carboxylic acids is 1. The van der Waals surface area contributed by atoms with Gasteiger partial charge in [0.05, 0.1) is 18.1 Å². The van der Waals surface area contributed by atoms with Gasteiger partial charge in [-0.25, -0.2) is 0 Å². The van der Waals surface area contributed by atoms with Gasteiger partial charge in [-0.3, -0.25) is 9.59 Å². The lowest BCUT2D eigenvalue weighted by molar-refractivity contribution is -0.141. The van der Waals surface area contributed by atoms with Crippen molar-refractivity contribution in [1.29, 1.82) is 0 Å². The summed E-state index contributed by atoms with van der Waals surface area (Å²) in [7, 11) is 0. The Labute approximate surface area is 220 Å². The maximum absolute atomic E-state index is 13.1. The van der Waals surface area contributed by atoms with E-state index in [2.05, 4.69) is 4.90 Å². The number of amides is 1. The second-order valence-electron chi connectivity index (χ2n) is 9.97. The van der Waals surface area contributed by atoms with Crippen LogP contribution in [-0.4, -0.2) is 71.7 Å². The smallest absolute Gasteiger partial charge is 0.308 e. The second kappa shape index (κ2) is 10.5. The number of benzene rings is 2. The highest BCUT2D eigenvalue weighted by Crippen LogP contribution is 2.42. The van der Waals surface area contributed by atoms with Crippen molar-refractivity contribution in [3.63, 3.8) is 0 Å². The highest BCUT2D eigenvalue weighted by Gasteiger charge is 2.41. The SMILES string of the molecule is O=C(O)[C@@H]1CCN(C(=O)c2cc(Cl)ccc2OCCCN2CCC3(CC2)Cc2cc(Cl)ccc2O3)C1. The van der Waals surface area contributed by atoms with Gasteiger partial charge in [-0.1, -0.05) is 23.2 Å². The van der Waals surface area contributed by atoms with Gasteiger partial charge in [-0.05, 0) is 54.8 Å². The highest BCUT2D eigenvalue weighted by molar-refractivity contribution is 6.31. The van der Waals surface area contributed by atoms with E-state index in [0.717, 1.165) is 56.1 Å². The Bertz CT molecular complexity index is 1150. The Morgan fingerprint density at radius 3 is 2.58 bits per heavy atom. The maximum atomic E-state index is 13.1. The monoisotopic (exact) mass is 532 g/mol. The quantitative estimate of drug-likeness (QED) is 0.517. The number of nitrogens with zero attached hydrogens (tertiary/aromatic N) is 2. The minimum atomic E-state index is -0.870. The van der Waals surface area contributed by atoms with Crippen LogP contribution < -0.4 is 9.47 Å². The van der Waals surface area contributed by atoms with E-state index in [4.69, 9.17) is 32.7 Å². The van der Waals surface area contributed by atoms with E-state index >= 15 is 0 Å². The number of hydrogen-bond acceptors (Lipinski definition) is 5. The molecule has 0 unspecified atom stereocenters. The molecule has 3 aliphatic heterocycles. The molecule has 0 saturated carbocycles. The van der Waals surface area contributed by atoms with Crippen LogP contribution in [0.4, 0.5) is 0 Å². The van der Waals surface area contributed by atoms with Gasteiger partial charge < -0.3 is 24.4 Å². The number of hydrogen-bond donors (Lipinski definition) is 1. The lowest BCUT2D eigenvalue weighted by Gasteiger charge is -2.38. The number of likely N-dealkylation sites (tertiary alicyclic amines) is 2. The van der Waals surface area contributed by atoms with Gasteiger partial charge in [0, 0.05) is 62.0 Å². The number of halogens is 2. The number of ether oxygens (including phenoxy) is 2. The van der Waals surface area contributed by atoms with E-state index in [-0.39, 0.29) is 18.1 Å². The lowest BCUT2D eigenvalue weighted by Crippen LogP contribution is -2.47. The average Bonchev–Trinajstić information content (AvgIpc) is 3.48. The van der Waals surface area contributed by atoms with Crippen LogP contribution in [0.25, 0.3) is 0 Å². The van der Waals surface area contributed by atoms with Crippen LogP contribution in [0, 0.1) is 5.92 Å². The number of rotatable bonds is 7. The third-order valence-electron chi connectivity index (χ3n) is 7.50. The zero-order valence-electron chi connectivity index (χ0n) is 20.1. The molecular weight excluding hydrogens is 503 g/mol. The average molecular weight is 533 g/mol. The van der Waals surface area contributed by atoms with Crippen molar-refractivity contribution in [1.82, 2.24) is 9.80 Å². The summed E-state index contributed by atoms with van der Waals surface area (Å²) in [4.78, 5) is 28.3. The summed E-state index contributed by atoms with van der Waals surface area (Å²) in [5.41, 5.74) is 1.46. The van der Waals surface area contributed by atoms with Crippen molar-refractivity contribution in [2.75, 3.05) is 39.3 Å². The Kier molecular flexibility index (Phi) is 7.33. The van der Waals surface area contributed by atoms with Gasteiger partial charge in [0.15, 0.2) is 0 Å². The molecule has 0 aromatic heterocycles. The second-order valence-corrected chi connectivity index (χ2v) is 10.8. The molecule has 0 radical (unpaired) electrons. The zero-order valence-corrected chi connectivity index (χ0v) is 21.6. The summed E-state index contributed by atoms with van der Waals surface area (Å²) in [6, 6.07) is 10.9. The Hall–Kier alpha value is -2.48. The number of carboxylic acid groups (broad SMARTS) is 1. The van der Waals surface area contributed by atoms with E-state index < -0.39 is 11.9 Å². The van der Waals surface area contributed by atoms with Crippen LogP contribution in [-0.2, 0) is 11.2 Å². The largest absolute Gasteiger partial charge is 0.493 e. The van der Waals surface area contributed by atoms with Crippen molar-refractivity contribution in [3.05, 3.63) is 57.6 Å². The lowest BCUT2D eigenvalue weighted by atomic mass is 9.87. The first kappa shape index (κ1) is 25.2. The van der Waals surface area contributed by atoms with Crippen LogP contribution in [0.1, 0.15) is 41.6 Å². The summed E-state index contributed by atoms with van der Waals surface area (Å²) < 4.78 is 12.3. The van der Waals surface area contributed by atoms with Gasteiger partial charge in [0.2, 0.25) is 0 Å². The first-order chi connectivity index (χ1) is 17.3. The van der Waals surface area contributed by atoms with Crippen molar-refractivity contribution >= 4 is 35.1 Å². The molecule has 2 saturated heterocycles. The Morgan fingerprint density at radius 1 is 1.08 bits per heavy atom. The number of carboxylic acids is 1. The van der Waals surface area contributed by atoms with Crippen LogP contribution in [0.15, 0.2) is 36.4 Å². The van der Waals surface area contributed by atoms with Crippen molar-refractivity contribution < 1.29 is 24.2 Å². The van der Waals surface area contributed by atoms with Gasteiger partial charge in [-0.2, -0.15) is 0 Å². The fraction of sp³-hybridized carbons (Fsp3) is 0.481. The third kappa shape index (κ3) is 5.43. The maximum Gasteiger partial charge on any atom is 0.308 e. The molecule has 1 N–H and O–H groups in total. The van der Waals surface area contributed by atoms with E-state index in [9.17, 15) is 14.7 Å². The van der Waals surface area contributed by atoms with Crippen LogP contribution >= 0.6 is 23.2 Å². The molecule has 36 heavy (non-hydrogen) atoms. The Balaban J connectivity index is 1.10. The fourth-order valence-corrected chi connectivity index (χ4v) is 5.81. The number of fused-ring (bicyclic) bond motifs is 1. The summed E-state index contributed by atoms with van der Waals surface area (Å²) in [5.74, 6) is -0.192. The minimum absolute atomic E-state index is 0.117. The summed E-state index contributed by atoms with van der Waals surface area (Å²) in [6.07, 6.45) is 4.15. The van der Waals surface area contributed by atoms with E-state index in [0.29, 0.717) is 35.9 Å². The third-order valence-corrected chi connectivity index (χ3v) is 7.97. The highest BCUT2D eigenvalue weighted by atomic mass is 35.5. The van der Waals surface area contributed by atoms with Crippen LogP contribution in [0.3, 0.4) is 0 Å². The molecule has 0 aliphatic carbocycles. The van der Waals surface area contributed by atoms with Gasteiger partial charge in [0.1, 0.15) is 17.1 Å². The molecule has 5 rings (SSSR count). The molecule has 1 spiro atoms. The molecule has 3 aliphatic rings. The molecule has 9 heteroatoms. The van der Waals surface area contributed by atoms with Crippen molar-refractivity contribution in [2.24, 2.45) is 5.92 Å². The number of piperidine rings is 1. The standard InChI is InChI=1S/C27H30Cl2N2O5/c28-20-2-4-23-19(14-20)16-27(36-23)7-11-30(12-8-27)9-1-13-35-24-5-3-21(29)15-22(24)25(32)31-10-6-18(17-31)26(33)34/h2-5,14-15,18H,1,6-13,16-17H2,(H,33,34)/t18-/m1/s1. The normalized spacial score (nSPS) is 20.8. The predicted octanol–water partition coefficient (Wildman–Crippen LogP) is 4.78. The van der Waals surface area contributed by atoms with Gasteiger partial charge >= 0.3 is 5.97 Å². The molecule has 3 heterocycles. The van der Waals surface area contributed by atoms with E-state index in [1.165, 1.54) is 5.56 Å². The van der Waals surface area contributed by atoms with Crippen LogP contribution in [0.2, 0.25) is 10.0 Å². The summed E-state index contributed by atoms with van der Waals surface area (Å²) in [5, 5.41) is 10.4. The molecule has 2 aromatic rings. The van der Waals surface area contributed by atoms with E-state index in [1.807, 2.05) is 18.2 Å². The first-order valence-electron chi connectivity index (χ1n) is 12.5. The molecule has 1 atom stereocenters. The van der Waals surface area contributed by atoms with Crippen LogP contribution in [0.5, 0.6) is 11.5 Å². The van der Waals surface area contributed by atoms with Crippen molar-refractivity contribution in [2.45, 2.75) is 37.7 Å². The molecule has 2 fully saturated rings. The number of carbonyl (C=O) groups excluding carboxylic acids is 1. The van der Waals surface area contributed by atoms with Gasteiger partial charge in [0.25, 0.3) is 5.91 Å². The molecular formula is C27H30Cl2N2O5. The zero-order chi connectivity index (χ0) is 25.3. The molecule has 7 nitrogen and oxygen atoms in total. The van der Waals surface area contributed by atoms with E-state index in [1.54, 1.807) is 23.1 Å². The van der Waals surface area contributed by atoms with Crippen molar-refractivity contribution in [3.8, 4) is 11.5 Å². The molecule has 2 aromatic carbocycles. The molecule has 0 bridgehead atoms. The first-order valence-corrected chi connectivity index (χ1v) is 13.2. The topological polar surface area (TPSA) is 79.3 Å². The minimum Gasteiger partial charge on any atom is -0.493 e. The Morgan fingerprint density at radius 2 is 1.83 bits per heavy atom. The van der Waals surface area contributed by atoms with Gasteiger partial charge in [-0.15, -0.1) is 0 Å². The fourth-order valence-electron chi connectivity index (χ4n) is 5.45. The predicted molar refractivity (Wildman–Crippen MR) is 137 cm³/mol. The summed E-state index contributed by atoms with van der Waals surface area (Å²) in [6.45, 7) is 3.93.